The van der Waals surface area contributed by atoms with Gasteiger partial charge in [-0.15, -0.1) is 23.5 Å². The molecule has 2 atom stereocenters. The third kappa shape index (κ3) is 2.66. The van der Waals surface area contributed by atoms with Crippen LogP contribution in [0.1, 0.15) is 19.8 Å². The number of amides is 2. The molecule has 2 amide bonds. The number of rotatable bonds is 3. The number of thioether (sulfide) groups is 2. The topological polar surface area (TPSA) is 49.4 Å². The Morgan fingerprint density at radius 1 is 1.52 bits per heavy atom. The smallest absolute Gasteiger partial charge is 0.248 e. The van der Waals surface area contributed by atoms with Crippen molar-refractivity contribution >= 4 is 41.0 Å². The van der Waals surface area contributed by atoms with Crippen LogP contribution in [0.4, 0.5) is 5.69 Å². The van der Waals surface area contributed by atoms with Crippen molar-refractivity contribution in [1.29, 1.82) is 0 Å². The molecule has 2 aliphatic heterocycles. The highest BCUT2D eigenvalue weighted by molar-refractivity contribution is 8.01. The highest BCUT2D eigenvalue weighted by atomic mass is 32.2. The molecule has 0 spiro atoms. The minimum Gasteiger partial charge on any atom is -0.324 e. The second-order valence-corrected chi connectivity index (χ2v) is 7.87. The summed E-state index contributed by atoms with van der Waals surface area (Å²) >= 11 is 3.35. The fourth-order valence-electron chi connectivity index (χ4n) is 2.94. The van der Waals surface area contributed by atoms with Gasteiger partial charge in [0.2, 0.25) is 11.8 Å². The summed E-state index contributed by atoms with van der Waals surface area (Å²) in [5, 5.41) is 2.95. The summed E-state index contributed by atoms with van der Waals surface area (Å²) in [5.41, 5.74) is 0.789. The lowest BCUT2D eigenvalue weighted by Gasteiger charge is -2.29. The van der Waals surface area contributed by atoms with Crippen molar-refractivity contribution in [3.8, 4) is 0 Å². The van der Waals surface area contributed by atoms with E-state index >= 15 is 0 Å². The van der Waals surface area contributed by atoms with Crippen molar-refractivity contribution < 1.29 is 9.59 Å². The van der Waals surface area contributed by atoms with Crippen molar-refractivity contribution in [1.82, 2.24) is 4.90 Å². The largest absolute Gasteiger partial charge is 0.324 e. The molecule has 112 valence electrons. The zero-order chi connectivity index (χ0) is 15.0. The monoisotopic (exact) mass is 322 g/mol. The number of nitrogens with zero attached hydrogens (tertiary/aromatic N) is 1. The molecule has 0 unspecified atom stereocenters. The standard InChI is InChI=1S/C15H18N2O2S2/c1-15-7-6-13(18)17(15)12(9-21-15)14(19)16-10-4-3-5-11(8-10)20-2/h3-5,8,12H,6-7,9H2,1-2H3,(H,16,19)/t12-,15-/m0/s1. The van der Waals surface area contributed by atoms with Gasteiger partial charge in [-0.1, -0.05) is 6.07 Å². The number of hydrogen-bond donors (Lipinski definition) is 1. The first-order valence-electron chi connectivity index (χ1n) is 6.94. The number of fused-ring (bicyclic) bond motifs is 1. The van der Waals surface area contributed by atoms with Crippen molar-refractivity contribution in [2.45, 2.75) is 35.6 Å². The van der Waals surface area contributed by atoms with Crippen molar-refractivity contribution in [2.75, 3.05) is 17.3 Å². The molecule has 0 aliphatic carbocycles. The minimum absolute atomic E-state index is 0.0836. The van der Waals surface area contributed by atoms with Crippen LogP contribution in [0.5, 0.6) is 0 Å². The van der Waals surface area contributed by atoms with Gasteiger partial charge in [-0.05, 0) is 37.8 Å². The van der Waals surface area contributed by atoms with E-state index in [1.165, 1.54) is 0 Å². The maximum Gasteiger partial charge on any atom is 0.248 e. The highest BCUT2D eigenvalue weighted by Gasteiger charge is 2.52. The van der Waals surface area contributed by atoms with Gasteiger partial charge in [-0.3, -0.25) is 9.59 Å². The van der Waals surface area contributed by atoms with Crippen LogP contribution in [0.15, 0.2) is 29.2 Å². The molecule has 4 nitrogen and oxygen atoms in total. The van der Waals surface area contributed by atoms with Crippen LogP contribution in [0.25, 0.3) is 0 Å². The molecule has 0 aromatic heterocycles. The Balaban J connectivity index is 1.75. The summed E-state index contributed by atoms with van der Waals surface area (Å²) in [6.07, 6.45) is 3.39. The summed E-state index contributed by atoms with van der Waals surface area (Å²) in [7, 11) is 0. The van der Waals surface area contributed by atoms with E-state index in [1.54, 1.807) is 28.4 Å². The fraction of sp³-hybridized carbons (Fsp3) is 0.467. The summed E-state index contributed by atoms with van der Waals surface area (Å²) < 4.78 is 0. The number of carbonyl (C=O) groups is 2. The van der Waals surface area contributed by atoms with Gasteiger partial charge in [0.25, 0.3) is 0 Å². The van der Waals surface area contributed by atoms with E-state index < -0.39 is 0 Å². The van der Waals surface area contributed by atoms with Gasteiger partial charge in [0.15, 0.2) is 0 Å². The van der Waals surface area contributed by atoms with Gasteiger partial charge >= 0.3 is 0 Å². The number of nitrogens with one attached hydrogen (secondary N) is 1. The van der Waals surface area contributed by atoms with Crippen LogP contribution in [-0.4, -0.2) is 39.6 Å². The lowest BCUT2D eigenvalue weighted by Crippen LogP contribution is -2.48. The first kappa shape index (κ1) is 14.8. The molecule has 1 aromatic rings. The zero-order valence-corrected chi connectivity index (χ0v) is 13.7. The lowest BCUT2D eigenvalue weighted by atomic mass is 10.2. The van der Waals surface area contributed by atoms with E-state index in [2.05, 4.69) is 12.2 Å². The van der Waals surface area contributed by atoms with E-state index in [-0.39, 0.29) is 22.7 Å². The molecule has 0 saturated carbocycles. The molecule has 3 rings (SSSR count). The van der Waals surface area contributed by atoms with Crippen molar-refractivity contribution in [3.63, 3.8) is 0 Å². The SMILES string of the molecule is CSc1cccc(NC(=O)[C@@H]2CS[C@@]3(C)CCC(=O)N23)c1. The van der Waals surface area contributed by atoms with Gasteiger partial charge < -0.3 is 10.2 Å². The molecule has 2 fully saturated rings. The Hall–Kier alpha value is -1.14. The molecule has 2 aliphatic rings. The molecule has 6 heteroatoms. The summed E-state index contributed by atoms with van der Waals surface area (Å²) in [6, 6.07) is 7.41. The summed E-state index contributed by atoms with van der Waals surface area (Å²) in [5.74, 6) is 0.691. The van der Waals surface area contributed by atoms with Crippen LogP contribution >= 0.6 is 23.5 Å². The molecule has 1 N–H and O–H groups in total. The second kappa shape index (κ2) is 5.57. The number of anilines is 1. The van der Waals surface area contributed by atoms with Gasteiger partial charge in [-0.25, -0.2) is 0 Å². The van der Waals surface area contributed by atoms with Crippen molar-refractivity contribution in [2.24, 2.45) is 0 Å². The third-order valence-corrected chi connectivity index (χ3v) is 6.32. The minimum atomic E-state index is -0.354. The van der Waals surface area contributed by atoms with Crippen LogP contribution < -0.4 is 5.32 Å². The molecule has 1 aromatic carbocycles. The number of benzene rings is 1. The predicted molar refractivity (Wildman–Crippen MR) is 87.6 cm³/mol. The lowest BCUT2D eigenvalue weighted by molar-refractivity contribution is -0.135. The van der Waals surface area contributed by atoms with E-state index in [0.29, 0.717) is 12.2 Å². The average molecular weight is 322 g/mol. The fourth-order valence-corrected chi connectivity index (χ4v) is 4.83. The van der Waals surface area contributed by atoms with E-state index in [0.717, 1.165) is 17.0 Å². The van der Waals surface area contributed by atoms with Crippen LogP contribution in [0.3, 0.4) is 0 Å². The van der Waals surface area contributed by atoms with Crippen LogP contribution in [-0.2, 0) is 9.59 Å². The predicted octanol–water partition coefficient (Wildman–Crippen LogP) is 2.80. The van der Waals surface area contributed by atoms with E-state index in [1.807, 2.05) is 30.5 Å². The maximum atomic E-state index is 12.5. The van der Waals surface area contributed by atoms with Gasteiger partial charge in [0.05, 0.1) is 4.87 Å². The molecular formula is C15H18N2O2S2. The molecular weight excluding hydrogens is 304 g/mol. The molecule has 21 heavy (non-hydrogen) atoms. The highest BCUT2D eigenvalue weighted by Crippen LogP contribution is 2.47. The Labute approximate surface area is 133 Å². The Morgan fingerprint density at radius 2 is 2.33 bits per heavy atom. The molecule has 0 radical (unpaired) electrons. The second-order valence-electron chi connectivity index (χ2n) is 5.49. The Kier molecular flexibility index (Phi) is 3.92. The summed E-state index contributed by atoms with van der Waals surface area (Å²) in [4.78, 5) is 27.3. The quantitative estimate of drug-likeness (QED) is 0.870. The van der Waals surface area contributed by atoms with E-state index in [4.69, 9.17) is 0 Å². The van der Waals surface area contributed by atoms with Gasteiger partial charge in [0.1, 0.15) is 6.04 Å². The summed E-state index contributed by atoms with van der Waals surface area (Å²) in [6.45, 7) is 2.06. The maximum absolute atomic E-state index is 12.5. The number of hydrogen-bond acceptors (Lipinski definition) is 4. The Bertz CT molecular complexity index is 593. The van der Waals surface area contributed by atoms with Gasteiger partial charge in [0, 0.05) is 22.8 Å². The van der Waals surface area contributed by atoms with E-state index in [9.17, 15) is 9.59 Å². The zero-order valence-electron chi connectivity index (χ0n) is 12.1. The molecule has 0 bridgehead atoms. The molecule has 2 saturated heterocycles. The first-order valence-corrected chi connectivity index (χ1v) is 9.15. The average Bonchev–Trinajstić information content (AvgIpc) is 2.96. The normalized spacial score (nSPS) is 27.8. The third-order valence-electron chi connectivity index (χ3n) is 4.08. The van der Waals surface area contributed by atoms with Crippen LogP contribution in [0.2, 0.25) is 0 Å². The van der Waals surface area contributed by atoms with Crippen molar-refractivity contribution in [3.05, 3.63) is 24.3 Å². The van der Waals surface area contributed by atoms with Gasteiger partial charge in [-0.2, -0.15) is 0 Å². The number of carbonyl (C=O) groups excluding carboxylic acids is 2. The molecule has 2 heterocycles. The Morgan fingerprint density at radius 3 is 3.10 bits per heavy atom. The first-order chi connectivity index (χ1) is 10.0. The van der Waals surface area contributed by atoms with Crippen LogP contribution in [0, 0.1) is 0 Å².